The van der Waals surface area contributed by atoms with Crippen LogP contribution in [0.4, 0.5) is 13.2 Å². The standard InChI is InChI=1S/C24H25ClF3NO11/c1-11(30)36-10-18(37-12(2)31)20(38-13(3)32)21-19(29-23(34)24(26,27)28)16(9-17(40-21)22(33)35-4)39-15-7-5-14(25)6-8-15/h5-9,16,18-21H,10H2,1-4H3,(H,29,34)/t16-,18-,19-,20-,21-/m1/s1. The Morgan fingerprint density at radius 3 is 2.10 bits per heavy atom. The Morgan fingerprint density at radius 2 is 1.60 bits per heavy atom. The predicted octanol–water partition coefficient (Wildman–Crippen LogP) is 2.02. The molecule has 1 amide bonds. The van der Waals surface area contributed by atoms with Gasteiger partial charge in [-0.25, -0.2) is 4.79 Å². The lowest BCUT2D eigenvalue weighted by Gasteiger charge is -2.41. The average molecular weight is 596 g/mol. The molecule has 1 N–H and O–H groups in total. The van der Waals surface area contributed by atoms with Crippen molar-refractivity contribution in [3.63, 3.8) is 0 Å². The van der Waals surface area contributed by atoms with Crippen LogP contribution in [0.25, 0.3) is 0 Å². The van der Waals surface area contributed by atoms with Crippen LogP contribution < -0.4 is 10.1 Å². The number of rotatable bonds is 10. The summed E-state index contributed by atoms with van der Waals surface area (Å²) in [5, 5.41) is 2.02. The first kappa shape index (κ1) is 32.2. The fraction of sp³-hybridized carbons (Fsp3) is 0.458. The summed E-state index contributed by atoms with van der Waals surface area (Å²) < 4.78 is 71.2. The smallest absolute Gasteiger partial charge is 0.471 e. The molecule has 1 heterocycles. The number of hydrogen-bond donors (Lipinski definition) is 1. The van der Waals surface area contributed by atoms with Gasteiger partial charge in [0.2, 0.25) is 5.76 Å². The van der Waals surface area contributed by atoms with Crippen LogP contribution in [0.15, 0.2) is 36.1 Å². The number of carbonyl (C=O) groups excluding carboxylic acids is 5. The molecule has 1 aromatic rings. The van der Waals surface area contributed by atoms with Crippen molar-refractivity contribution in [3.8, 4) is 5.75 Å². The summed E-state index contributed by atoms with van der Waals surface area (Å²) in [7, 11) is 0.986. The molecule has 1 aromatic carbocycles. The molecule has 0 spiro atoms. The van der Waals surface area contributed by atoms with Crippen LogP contribution in [0.1, 0.15) is 20.8 Å². The maximum atomic E-state index is 13.3. The molecule has 220 valence electrons. The van der Waals surface area contributed by atoms with Crippen LogP contribution in [0.5, 0.6) is 5.75 Å². The van der Waals surface area contributed by atoms with Crippen molar-refractivity contribution in [3.05, 3.63) is 41.1 Å². The molecule has 40 heavy (non-hydrogen) atoms. The minimum atomic E-state index is -5.38. The van der Waals surface area contributed by atoms with Gasteiger partial charge in [-0.05, 0) is 24.3 Å². The molecule has 0 unspecified atom stereocenters. The third kappa shape index (κ3) is 9.32. The molecule has 0 saturated carbocycles. The summed E-state index contributed by atoms with van der Waals surface area (Å²) in [5.41, 5.74) is 0. The van der Waals surface area contributed by atoms with Crippen LogP contribution in [-0.4, -0.2) is 80.1 Å². The molecule has 1 aliphatic rings. The van der Waals surface area contributed by atoms with Crippen LogP contribution in [0.2, 0.25) is 5.02 Å². The van der Waals surface area contributed by atoms with Crippen LogP contribution in [-0.2, 0) is 47.7 Å². The van der Waals surface area contributed by atoms with E-state index in [2.05, 4.69) is 4.74 Å². The third-order valence-corrected chi connectivity index (χ3v) is 5.33. The molecule has 0 fully saturated rings. The van der Waals surface area contributed by atoms with E-state index in [9.17, 15) is 37.1 Å². The average Bonchev–Trinajstić information content (AvgIpc) is 2.85. The Balaban J connectivity index is 2.70. The lowest BCUT2D eigenvalue weighted by atomic mass is 9.93. The minimum Gasteiger partial charge on any atom is -0.484 e. The van der Waals surface area contributed by atoms with E-state index in [4.69, 9.17) is 35.3 Å². The molecule has 5 atom stereocenters. The summed E-state index contributed by atoms with van der Waals surface area (Å²) in [4.78, 5) is 59.8. The Bertz CT molecular complexity index is 1140. The second-order valence-electron chi connectivity index (χ2n) is 8.16. The molecule has 1 aliphatic heterocycles. The first-order chi connectivity index (χ1) is 18.6. The Hall–Kier alpha value is -4.01. The van der Waals surface area contributed by atoms with Gasteiger partial charge in [0.1, 0.15) is 24.5 Å². The van der Waals surface area contributed by atoms with Crippen LogP contribution in [0.3, 0.4) is 0 Å². The fourth-order valence-electron chi connectivity index (χ4n) is 3.52. The third-order valence-electron chi connectivity index (χ3n) is 5.07. The van der Waals surface area contributed by atoms with Gasteiger partial charge in [-0.2, -0.15) is 13.2 Å². The van der Waals surface area contributed by atoms with E-state index in [0.29, 0.717) is 5.02 Å². The highest BCUT2D eigenvalue weighted by atomic mass is 35.5. The minimum absolute atomic E-state index is 0.0438. The van der Waals surface area contributed by atoms with E-state index in [1.165, 1.54) is 24.3 Å². The molecule has 12 nitrogen and oxygen atoms in total. The van der Waals surface area contributed by atoms with Gasteiger partial charge in [0.15, 0.2) is 18.3 Å². The highest BCUT2D eigenvalue weighted by Gasteiger charge is 2.51. The van der Waals surface area contributed by atoms with Crippen molar-refractivity contribution < 1.29 is 65.6 Å². The molecular weight excluding hydrogens is 571 g/mol. The van der Waals surface area contributed by atoms with Gasteiger partial charge in [-0.3, -0.25) is 19.2 Å². The second kappa shape index (κ2) is 13.9. The van der Waals surface area contributed by atoms with Gasteiger partial charge < -0.3 is 33.7 Å². The lowest BCUT2D eigenvalue weighted by molar-refractivity contribution is -0.192. The number of ether oxygens (including phenoxy) is 6. The highest BCUT2D eigenvalue weighted by molar-refractivity contribution is 6.30. The second-order valence-corrected chi connectivity index (χ2v) is 8.60. The van der Waals surface area contributed by atoms with Gasteiger partial charge in [0.25, 0.3) is 0 Å². The number of carbonyl (C=O) groups is 5. The van der Waals surface area contributed by atoms with Crippen molar-refractivity contribution in [1.82, 2.24) is 5.32 Å². The van der Waals surface area contributed by atoms with Crippen molar-refractivity contribution in [1.29, 1.82) is 0 Å². The van der Waals surface area contributed by atoms with Crippen molar-refractivity contribution in [2.24, 2.45) is 0 Å². The van der Waals surface area contributed by atoms with E-state index < -0.39 is 78.8 Å². The number of benzene rings is 1. The first-order valence-corrected chi connectivity index (χ1v) is 11.7. The van der Waals surface area contributed by atoms with Gasteiger partial charge in [-0.1, -0.05) is 11.6 Å². The summed E-state index contributed by atoms with van der Waals surface area (Å²) in [5.74, 6) is -6.93. The van der Waals surface area contributed by atoms with Crippen molar-refractivity contribution >= 4 is 41.4 Å². The van der Waals surface area contributed by atoms with Gasteiger partial charge in [0, 0.05) is 31.9 Å². The Morgan fingerprint density at radius 1 is 1.00 bits per heavy atom. The number of methoxy groups -OCH3 is 1. The topological polar surface area (TPSA) is 153 Å². The molecule has 0 bridgehead atoms. The number of amides is 1. The van der Waals surface area contributed by atoms with Gasteiger partial charge in [-0.15, -0.1) is 0 Å². The number of esters is 4. The quantitative estimate of drug-likeness (QED) is 0.312. The molecule has 16 heteroatoms. The van der Waals surface area contributed by atoms with E-state index in [0.717, 1.165) is 34.0 Å². The zero-order valence-corrected chi connectivity index (χ0v) is 22.2. The maximum Gasteiger partial charge on any atom is 0.471 e. The predicted molar refractivity (Wildman–Crippen MR) is 127 cm³/mol. The number of alkyl halides is 3. The number of nitrogens with one attached hydrogen (secondary N) is 1. The SMILES string of the molecule is COC(=O)C1=C[C@@H](Oc2ccc(Cl)cc2)[C@@H](NC(=O)C(F)(F)F)[C@H]([C@H](OC(C)=O)[C@@H](COC(C)=O)OC(C)=O)O1. The van der Waals surface area contributed by atoms with Gasteiger partial charge in [0.05, 0.1) is 7.11 Å². The Kier molecular flexibility index (Phi) is 11.2. The van der Waals surface area contributed by atoms with Crippen LogP contribution >= 0.6 is 11.6 Å². The van der Waals surface area contributed by atoms with Gasteiger partial charge >= 0.3 is 36.0 Å². The summed E-state index contributed by atoms with van der Waals surface area (Å²) in [6.07, 6.45) is -11.5. The highest BCUT2D eigenvalue weighted by Crippen LogP contribution is 2.30. The summed E-state index contributed by atoms with van der Waals surface area (Å²) in [6, 6.07) is 3.66. The largest absolute Gasteiger partial charge is 0.484 e. The van der Waals surface area contributed by atoms with Crippen molar-refractivity contribution in [2.45, 2.75) is 57.4 Å². The molecule has 0 radical (unpaired) electrons. The fourth-order valence-corrected chi connectivity index (χ4v) is 3.64. The summed E-state index contributed by atoms with van der Waals surface area (Å²) in [6.45, 7) is 2.16. The molecule has 0 aromatic heterocycles. The number of hydrogen-bond acceptors (Lipinski definition) is 11. The number of halogens is 4. The van der Waals surface area contributed by atoms with Crippen molar-refractivity contribution in [2.75, 3.05) is 13.7 Å². The van der Waals surface area contributed by atoms with E-state index in [-0.39, 0.29) is 5.75 Å². The zero-order chi connectivity index (χ0) is 30.2. The Labute approximate surface area is 230 Å². The lowest BCUT2D eigenvalue weighted by Crippen LogP contribution is -2.63. The van der Waals surface area contributed by atoms with E-state index in [1.807, 2.05) is 0 Å². The summed E-state index contributed by atoms with van der Waals surface area (Å²) >= 11 is 5.87. The van der Waals surface area contributed by atoms with E-state index >= 15 is 0 Å². The normalized spacial score (nSPS) is 20.0. The maximum absolute atomic E-state index is 13.3. The first-order valence-electron chi connectivity index (χ1n) is 11.4. The molecule has 0 aliphatic carbocycles. The van der Waals surface area contributed by atoms with Crippen LogP contribution in [0, 0.1) is 0 Å². The monoisotopic (exact) mass is 595 g/mol. The molecule has 0 saturated heterocycles. The molecular formula is C24H25ClF3NO11. The van der Waals surface area contributed by atoms with E-state index in [1.54, 1.807) is 5.32 Å². The zero-order valence-electron chi connectivity index (χ0n) is 21.5. The molecule has 2 rings (SSSR count).